The Labute approximate surface area is 173 Å². The minimum Gasteiger partial charge on any atom is -0.314 e. The molecule has 0 bridgehead atoms. The summed E-state index contributed by atoms with van der Waals surface area (Å²) in [4.78, 5) is 16.3. The van der Waals surface area contributed by atoms with Crippen LogP contribution in [0.5, 0.6) is 0 Å². The van der Waals surface area contributed by atoms with E-state index in [4.69, 9.17) is 0 Å². The number of nitrogens with zero attached hydrogens (tertiary/aromatic N) is 5. The lowest BCUT2D eigenvalue weighted by Crippen LogP contribution is -2.25. The molecule has 0 fully saturated rings. The van der Waals surface area contributed by atoms with E-state index in [-0.39, 0.29) is 14.9 Å². The van der Waals surface area contributed by atoms with Crippen LogP contribution >= 0.6 is 0 Å². The minimum absolute atomic E-state index is 0. The molecule has 0 atom stereocenters. The Hall–Kier alpha value is -2.15. The van der Waals surface area contributed by atoms with E-state index in [2.05, 4.69) is 58.3 Å². The molecular weight excluding hydrogens is 348 g/mol. The number of hydrogen-bond acceptors (Lipinski definition) is 6. The van der Waals surface area contributed by atoms with Crippen LogP contribution in [0.15, 0.2) is 53.8 Å². The highest BCUT2D eigenvalue weighted by Gasteiger charge is 1.89. The number of hydrogen-bond donors (Lipinski definition) is 1. The van der Waals surface area contributed by atoms with Crippen molar-refractivity contribution in [2.75, 3.05) is 55.4 Å². The second-order valence-electron chi connectivity index (χ2n) is 6.10. The molecule has 1 N–H and O–H groups in total. The molecule has 160 valence electrons. The predicted molar refractivity (Wildman–Crippen MR) is 125 cm³/mol. The maximum absolute atomic E-state index is 4.11. The molecule has 28 heavy (non-hydrogen) atoms. The average molecular weight is 391 g/mol. The van der Waals surface area contributed by atoms with Crippen LogP contribution in [0.4, 0.5) is 0 Å². The van der Waals surface area contributed by atoms with Crippen molar-refractivity contribution in [1.82, 2.24) is 25.1 Å². The fraction of sp³-hybridized carbons (Fsp3) is 0.500. The normalized spacial score (nSPS) is 9.57. The number of rotatable bonds is 6. The zero-order valence-corrected chi connectivity index (χ0v) is 17.1. The van der Waals surface area contributed by atoms with Gasteiger partial charge in [-0.15, -0.1) is 0 Å². The summed E-state index contributed by atoms with van der Waals surface area (Å²) in [5, 5.41) is 3.02. The smallest absolute Gasteiger partial charge is 0.0807 e. The monoisotopic (exact) mass is 390 g/mol. The fourth-order valence-electron chi connectivity index (χ4n) is 1.67. The van der Waals surface area contributed by atoms with Crippen molar-refractivity contribution < 1.29 is 0 Å². The quantitative estimate of drug-likeness (QED) is 0.767. The lowest BCUT2D eigenvalue weighted by Gasteiger charge is -2.13. The van der Waals surface area contributed by atoms with Crippen LogP contribution in [0.3, 0.4) is 0 Å². The number of nitrogens with one attached hydrogen (secondary N) is 1. The molecule has 2 rings (SSSR count). The van der Waals surface area contributed by atoms with Gasteiger partial charge in [-0.25, -0.2) is 0 Å². The van der Waals surface area contributed by atoms with Crippen LogP contribution in [0.2, 0.25) is 0 Å². The third kappa shape index (κ3) is 20.2. The first-order valence-corrected chi connectivity index (χ1v) is 8.66. The first kappa shape index (κ1) is 30.6. The Morgan fingerprint density at radius 3 is 1.79 bits per heavy atom. The van der Waals surface area contributed by atoms with Gasteiger partial charge >= 0.3 is 0 Å². The molecule has 0 saturated heterocycles. The van der Waals surface area contributed by atoms with E-state index in [1.54, 1.807) is 25.7 Å². The van der Waals surface area contributed by atoms with Gasteiger partial charge in [0.25, 0.3) is 0 Å². The molecule has 0 radical (unpaired) electrons. The number of aromatic nitrogens is 2. The van der Waals surface area contributed by atoms with E-state index in [0.717, 1.165) is 31.0 Å². The van der Waals surface area contributed by atoms with Crippen molar-refractivity contribution in [3.8, 4) is 0 Å². The SMILES string of the molecule is C.C.CN(C)CCN(C)C.CN=Cc1ccccn1.CNCc1ccccn1. The number of likely N-dealkylation sites (N-methyl/N-ethyl adjacent to an activating group) is 2. The van der Waals surface area contributed by atoms with Crippen molar-refractivity contribution in [2.45, 2.75) is 21.4 Å². The van der Waals surface area contributed by atoms with E-state index in [0.29, 0.717) is 0 Å². The lowest BCUT2D eigenvalue weighted by molar-refractivity contribution is 0.320. The largest absolute Gasteiger partial charge is 0.314 e. The summed E-state index contributed by atoms with van der Waals surface area (Å²) in [7, 11) is 12.0. The molecule has 0 aliphatic heterocycles. The highest BCUT2D eigenvalue weighted by molar-refractivity contribution is 5.76. The first-order chi connectivity index (χ1) is 12.5. The number of aliphatic imine (C=N–C) groups is 1. The van der Waals surface area contributed by atoms with Crippen LogP contribution in [-0.4, -0.2) is 81.4 Å². The second kappa shape index (κ2) is 21.2. The molecule has 0 unspecified atom stereocenters. The summed E-state index contributed by atoms with van der Waals surface area (Å²) in [6, 6.07) is 11.6. The standard InChI is InChI=1S/C7H10N2.C7H8N2.C6H16N2.2CH4/c2*1-8-6-7-4-2-3-5-9-7;1-7(2)5-6-8(3)4;;/h2-5,8H,6H2,1H3;2-6H,1H3;5-6H2,1-4H3;2*1H4. The number of pyridine rings is 2. The van der Waals surface area contributed by atoms with Gasteiger partial charge in [0.2, 0.25) is 0 Å². The summed E-state index contributed by atoms with van der Waals surface area (Å²) in [6.45, 7) is 3.14. The van der Waals surface area contributed by atoms with Gasteiger partial charge < -0.3 is 15.1 Å². The fourth-order valence-corrected chi connectivity index (χ4v) is 1.67. The lowest BCUT2D eigenvalue weighted by atomic mass is 10.3. The molecule has 0 aromatic carbocycles. The third-order valence-electron chi connectivity index (χ3n) is 3.03. The van der Waals surface area contributed by atoms with E-state index in [1.165, 1.54) is 0 Å². The van der Waals surface area contributed by atoms with Gasteiger partial charge in [0, 0.05) is 45.3 Å². The van der Waals surface area contributed by atoms with Crippen molar-refractivity contribution >= 4 is 6.21 Å². The van der Waals surface area contributed by atoms with Gasteiger partial charge in [0.05, 0.1) is 11.4 Å². The van der Waals surface area contributed by atoms with Crippen molar-refractivity contribution in [2.24, 2.45) is 4.99 Å². The van der Waals surface area contributed by atoms with Crippen molar-refractivity contribution in [3.63, 3.8) is 0 Å². The van der Waals surface area contributed by atoms with E-state index >= 15 is 0 Å². The summed E-state index contributed by atoms with van der Waals surface area (Å²) >= 11 is 0. The van der Waals surface area contributed by atoms with E-state index < -0.39 is 0 Å². The van der Waals surface area contributed by atoms with Crippen LogP contribution in [-0.2, 0) is 6.54 Å². The summed E-state index contributed by atoms with van der Waals surface area (Å²) < 4.78 is 0. The van der Waals surface area contributed by atoms with Crippen LogP contribution in [0.1, 0.15) is 26.2 Å². The van der Waals surface area contributed by atoms with Crippen molar-refractivity contribution in [1.29, 1.82) is 0 Å². The second-order valence-corrected chi connectivity index (χ2v) is 6.10. The molecular formula is C22H42N6. The Morgan fingerprint density at radius 1 is 0.893 bits per heavy atom. The molecule has 0 aliphatic carbocycles. The van der Waals surface area contributed by atoms with Gasteiger partial charge in [-0.2, -0.15) is 0 Å². The summed E-state index contributed by atoms with van der Waals surface area (Å²) in [6.07, 6.45) is 5.27. The Bertz CT molecular complexity index is 548. The summed E-state index contributed by atoms with van der Waals surface area (Å²) in [5.74, 6) is 0. The maximum Gasteiger partial charge on any atom is 0.0807 e. The van der Waals surface area contributed by atoms with Gasteiger partial charge in [-0.3, -0.25) is 15.0 Å². The predicted octanol–water partition coefficient (Wildman–Crippen LogP) is 3.31. The zero-order valence-electron chi connectivity index (χ0n) is 17.1. The van der Waals surface area contributed by atoms with Gasteiger partial charge in [-0.1, -0.05) is 27.0 Å². The summed E-state index contributed by atoms with van der Waals surface area (Å²) in [5.41, 5.74) is 1.99. The maximum atomic E-state index is 4.11. The van der Waals surface area contributed by atoms with Gasteiger partial charge in [0.15, 0.2) is 0 Å². The Kier molecular flexibility index (Phi) is 23.1. The average Bonchev–Trinajstić information content (AvgIpc) is 2.63. The molecule has 0 amide bonds. The highest BCUT2D eigenvalue weighted by Crippen LogP contribution is 1.90. The zero-order chi connectivity index (χ0) is 19.6. The molecule has 2 aromatic rings. The Morgan fingerprint density at radius 2 is 1.43 bits per heavy atom. The van der Waals surface area contributed by atoms with Gasteiger partial charge in [0.1, 0.15) is 0 Å². The minimum atomic E-state index is 0. The van der Waals surface area contributed by atoms with Crippen LogP contribution in [0.25, 0.3) is 0 Å². The molecule has 2 heterocycles. The third-order valence-corrected chi connectivity index (χ3v) is 3.03. The van der Waals surface area contributed by atoms with Crippen LogP contribution < -0.4 is 5.32 Å². The molecule has 6 nitrogen and oxygen atoms in total. The van der Waals surface area contributed by atoms with E-state index in [1.807, 2.05) is 43.4 Å². The first-order valence-electron chi connectivity index (χ1n) is 8.66. The van der Waals surface area contributed by atoms with Crippen molar-refractivity contribution in [3.05, 3.63) is 60.2 Å². The Balaban J connectivity index is -0.000000324. The molecule has 0 spiro atoms. The molecule has 2 aromatic heterocycles. The van der Waals surface area contributed by atoms with Gasteiger partial charge in [-0.05, 0) is 59.5 Å². The molecule has 6 heteroatoms. The van der Waals surface area contributed by atoms with Crippen LogP contribution in [0, 0.1) is 0 Å². The highest BCUT2D eigenvalue weighted by atomic mass is 15.1. The molecule has 0 aliphatic rings. The topological polar surface area (TPSA) is 56.6 Å². The van der Waals surface area contributed by atoms with E-state index in [9.17, 15) is 0 Å². The molecule has 0 saturated carbocycles.